The molecule has 0 aliphatic carbocycles. The fourth-order valence-corrected chi connectivity index (χ4v) is 5.50. The van der Waals surface area contributed by atoms with Crippen LogP contribution in [0.1, 0.15) is 49.0 Å². The molecule has 1 atom stereocenters. The number of carbonyl (C=O) groups excluding carboxylic acids is 2. The third-order valence-corrected chi connectivity index (χ3v) is 8.20. The van der Waals surface area contributed by atoms with E-state index in [1.54, 1.807) is 54.6 Å². The summed E-state index contributed by atoms with van der Waals surface area (Å²) in [6.07, 6.45) is -4.46. The zero-order valence-corrected chi connectivity index (χ0v) is 26.5. The Morgan fingerprint density at radius 2 is 1.49 bits per heavy atom. The van der Waals surface area contributed by atoms with Crippen LogP contribution in [0.4, 0.5) is 19.0 Å². The number of amides is 2. The van der Waals surface area contributed by atoms with Crippen molar-refractivity contribution in [3.8, 4) is 11.1 Å². The molecule has 246 valence electrons. The molecule has 0 fully saturated rings. The molecular weight excluding hydrogens is 627 g/mol. The molecule has 49 heavy (non-hydrogen) atoms. The van der Waals surface area contributed by atoms with Gasteiger partial charge in [-0.3, -0.25) is 9.59 Å². The van der Waals surface area contributed by atoms with Crippen LogP contribution in [-0.4, -0.2) is 23.4 Å². The molecule has 0 unspecified atom stereocenters. The molecule has 6 rings (SSSR count). The van der Waals surface area contributed by atoms with E-state index in [2.05, 4.69) is 15.6 Å². The minimum atomic E-state index is -4.46. The van der Waals surface area contributed by atoms with Crippen LogP contribution in [0.25, 0.3) is 22.0 Å². The van der Waals surface area contributed by atoms with Crippen LogP contribution in [0.2, 0.25) is 0 Å². The lowest BCUT2D eigenvalue weighted by molar-refractivity contribution is -0.137. The number of carbonyl (C=O) groups is 2. The van der Waals surface area contributed by atoms with E-state index < -0.39 is 17.6 Å². The summed E-state index contributed by atoms with van der Waals surface area (Å²) in [4.78, 5) is 31.3. The predicted molar refractivity (Wildman–Crippen MR) is 184 cm³/mol. The summed E-state index contributed by atoms with van der Waals surface area (Å²) in [6, 6.07) is 37.1. The highest BCUT2D eigenvalue weighted by molar-refractivity contribution is 6.08. The molecule has 0 saturated heterocycles. The highest BCUT2D eigenvalue weighted by Gasteiger charge is 2.30. The molecule has 0 aliphatic heterocycles. The minimum Gasteiger partial charge on any atom is -0.374 e. The zero-order valence-electron chi connectivity index (χ0n) is 26.5. The summed E-state index contributed by atoms with van der Waals surface area (Å²) in [5, 5.41) is 6.59. The number of aryl methyl sites for hydroxylation is 1. The van der Waals surface area contributed by atoms with Crippen molar-refractivity contribution >= 4 is 28.5 Å². The molecule has 9 heteroatoms. The minimum absolute atomic E-state index is 0.271. The largest absolute Gasteiger partial charge is 0.416 e. The van der Waals surface area contributed by atoms with Gasteiger partial charge in [0.05, 0.1) is 30.3 Å². The maximum atomic E-state index is 13.4. The molecule has 6 aromatic rings. The first-order valence-corrected chi connectivity index (χ1v) is 15.6. The monoisotopic (exact) mass is 659 g/mol. The molecule has 2 N–H and O–H groups in total. The molecule has 0 saturated carbocycles. The Balaban J connectivity index is 1.15. The molecule has 0 bridgehead atoms. The summed E-state index contributed by atoms with van der Waals surface area (Å²) in [7, 11) is 0. The van der Waals surface area contributed by atoms with Crippen LogP contribution in [0.5, 0.6) is 0 Å². The van der Waals surface area contributed by atoms with Gasteiger partial charge in [-0.25, -0.2) is 4.98 Å². The van der Waals surface area contributed by atoms with E-state index in [0.29, 0.717) is 34.2 Å². The first-order valence-electron chi connectivity index (χ1n) is 15.6. The quantitative estimate of drug-likeness (QED) is 0.154. The van der Waals surface area contributed by atoms with Crippen LogP contribution in [0, 0.1) is 6.92 Å². The summed E-state index contributed by atoms with van der Waals surface area (Å²) < 4.78 is 45.2. The molecular formula is C40H32F3N3O3. The molecule has 0 aliphatic rings. The number of rotatable bonds is 10. The van der Waals surface area contributed by atoms with Gasteiger partial charge in [-0.2, -0.15) is 13.2 Å². The van der Waals surface area contributed by atoms with Gasteiger partial charge in [-0.05, 0) is 83.3 Å². The van der Waals surface area contributed by atoms with E-state index in [1.807, 2.05) is 61.5 Å². The molecule has 5 aromatic carbocycles. The topological polar surface area (TPSA) is 80.3 Å². The number of hydrogen-bond donors (Lipinski definition) is 2. The van der Waals surface area contributed by atoms with E-state index in [-0.39, 0.29) is 29.9 Å². The molecule has 2 amide bonds. The Bertz CT molecular complexity index is 2100. The lowest BCUT2D eigenvalue weighted by Gasteiger charge is -2.20. The second-order valence-corrected chi connectivity index (χ2v) is 11.6. The van der Waals surface area contributed by atoms with Crippen LogP contribution in [0.15, 0.2) is 133 Å². The van der Waals surface area contributed by atoms with Crippen LogP contribution in [0.3, 0.4) is 0 Å². The number of pyridine rings is 1. The number of hydrogen-bond acceptors (Lipinski definition) is 4. The molecule has 1 heterocycles. The normalized spacial score (nSPS) is 12.0. The van der Waals surface area contributed by atoms with Crippen molar-refractivity contribution in [2.45, 2.75) is 25.7 Å². The average molecular weight is 660 g/mol. The van der Waals surface area contributed by atoms with E-state index in [0.717, 1.165) is 28.8 Å². The van der Waals surface area contributed by atoms with Gasteiger partial charge in [0.2, 0.25) is 0 Å². The second-order valence-electron chi connectivity index (χ2n) is 11.6. The van der Waals surface area contributed by atoms with Crippen molar-refractivity contribution in [1.82, 2.24) is 10.3 Å². The fourth-order valence-electron chi connectivity index (χ4n) is 5.50. The second kappa shape index (κ2) is 14.5. The molecule has 0 radical (unpaired) electrons. The number of nitrogens with one attached hydrogen (secondary N) is 2. The maximum Gasteiger partial charge on any atom is 0.416 e. The van der Waals surface area contributed by atoms with Gasteiger partial charge in [-0.15, -0.1) is 0 Å². The van der Waals surface area contributed by atoms with Gasteiger partial charge >= 0.3 is 6.18 Å². The van der Waals surface area contributed by atoms with Crippen molar-refractivity contribution < 1.29 is 27.5 Å². The number of alkyl halides is 3. The number of aromatic nitrogens is 1. The average Bonchev–Trinajstić information content (AvgIpc) is 3.11. The molecule has 0 spiro atoms. The van der Waals surface area contributed by atoms with Gasteiger partial charge in [-0.1, -0.05) is 84.9 Å². The van der Waals surface area contributed by atoms with Gasteiger partial charge in [0, 0.05) is 16.5 Å². The van der Waals surface area contributed by atoms with E-state index in [9.17, 15) is 22.8 Å². The first-order chi connectivity index (χ1) is 23.7. The Labute approximate surface area is 281 Å². The van der Waals surface area contributed by atoms with Crippen molar-refractivity contribution in [2.24, 2.45) is 0 Å². The van der Waals surface area contributed by atoms with E-state index in [4.69, 9.17) is 4.74 Å². The number of fused-ring (bicyclic) bond motifs is 1. The number of halogens is 3. The van der Waals surface area contributed by atoms with Crippen LogP contribution < -0.4 is 10.6 Å². The zero-order chi connectivity index (χ0) is 34.4. The summed E-state index contributed by atoms with van der Waals surface area (Å²) in [5.41, 5.74) is 4.62. The third kappa shape index (κ3) is 8.02. The van der Waals surface area contributed by atoms with Gasteiger partial charge in [0.1, 0.15) is 5.82 Å². The molecule has 6 nitrogen and oxygen atoms in total. The highest BCUT2D eigenvalue weighted by Crippen LogP contribution is 2.32. The summed E-state index contributed by atoms with van der Waals surface area (Å²) in [6.45, 7) is 2.74. The van der Waals surface area contributed by atoms with Crippen molar-refractivity contribution in [2.75, 3.05) is 11.9 Å². The van der Waals surface area contributed by atoms with Crippen molar-refractivity contribution in [1.29, 1.82) is 0 Å². The molecule has 1 aromatic heterocycles. The van der Waals surface area contributed by atoms with Crippen LogP contribution in [-0.2, 0) is 17.5 Å². The lowest BCUT2D eigenvalue weighted by atomic mass is 9.98. The van der Waals surface area contributed by atoms with Crippen LogP contribution >= 0.6 is 0 Å². The van der Waals surface area contributed by atoms with Gasteiger partial charge < -0.3 is 15.4 Å². The summed E-state index contributed by atoms with van der Waals surface area (Å²) >= 11 is 0. The lowest BCUT2D eigenvalue weighted by Crippen LogP contribution is -2.31. The SMILES string of the molecule is Cc1ccccc1COC[C@@H](NC(=O)c1ccc2nc(NC(=O)c3ccccc3-c3ccc(C(F)(F)F)cc3)ccc2c1)c1ccccc1. The van der Waals surface area contributed by atoms with Gasteiger partial charge in [0.15, 0.2) is 0 Å². The predicted octanol–water partition coefficient (Wildman–Crippen LogP) is 9.17. The standard InChI is InChI=1S/C40H32F3N3O3/c1-26-9-5-6-12-31(26)24-49-25-36(28-10-3-2-4-11-28)45-38(47)30-17-21-35-29(23-30)18-22-37(44-35)46-39(48)34-14-8-7-13-33(34)27-15-19-32(20-16-27)40(41,42)43/h2-23,36H,24-25H2,1H3,(H,45,47)(H,44,46,48)/t36-/m1/s1. The third-order valence-electron chi connectivity index (χ3n) is 8.20. The maximum absolute atomic E-state index is 13.4. The number of anilines is 1. The Morgan fingerprint density at radius 3 is 2.24 bits per heavy atom. The number of benzene rings is 5. The highest BCUT2D eigenvalue weighted by atomic mass is 19.4. The van der Waals surface area contributed by atoms with Gasteiger partial charge in [0.25, 0.3) is 11.8 Å². The van der Waals surface area contributed by atoms with Crippen molar-refractivity contribution in [3.05, 3.63) is 167 Å². The Kier molecular flexibility index (Phi) is 9.82. The number of ether oxygens (including phenoxy) is 1. The Morgan fingerprint density at radius 1 is 0.776 bits per heavy atom. The number of nitrogens with zero attached hydrogens (tertiary/aromatic N) is 1. The van der Waals surface area contributed by atoms with E-state index >= 15 is 0 Å². The van der Waals surface area contributed by atoms with E-state index in [1.165, 1.54) is 12.1 Å². The first kappa shape index (κ1) is 33.1. The summed E-state index contributed by atoms with van der Waals surface area (Å²) in [5.74, 6) is -0.450. The Hall–Kier alpha value is -5.80. The smallest absolute Gasteiger partial charge is 0.374 e. The fraction of sp³-hybridized carbons (Fsp3) is 0.125. The van der Waals surface area contributed by atoms with Crippen molar-refractivity contribution in [3.63, 3.8) is 0 Å².